The van der Waals surface area contributed by atoms with Crippen LogP contribution in [0.1, 0.15) is 5.56 Å². The minimum absolute atomic E-state index is 0. The molecule has 0 N–H and O–H groups in total. The molecule has 1 aromatic carbocycles. The van der Waals surface area contributed by atoms with Gasteiger partial charge < -0.3 is 0 Å². The molecule has 0 aromatic heterocycles. The molecule has 0 fully saturated rings. The Labute approximate surface area is 87.7 Å². The van der Waals surface area contributed by atoms with Gasteiger partial charge in [0, 0.05) is 5.75 Å². The van der Waals surface area contributed by atoms with E-state index in [0.29, 0.717) is 15.8 Å². The minimum atomic E-state index is 0. The summed E-state index contributed by atoms with van der Waals surface area (Å²) in [7, 11) is 0. The van der Waals surface area contributed by atoms with Gasteiger partial charge in [-0.2, -0.15) is 12.6 Å². The smallest absolute Gasteiger partial charge is 0.0595 e. The van der Waals surface area contributed by atoms with Gasteiger partial charge in [0.2, 0.25) is 0 Å². The molecular formula is C7H7Cl3S. The number of hydrogen-bond acceptors (Lipinski definition) is 1. The second-order valence-electron chi connectivity index (χ2n) is 1.91. The van der Waals surface area contributed by atoms with Gasteiger partial charge >= 0.3 is 0 Å². The lowest BCUT2D eigenvalue weighted by Crippen LogP contribution is -1.76. The third-order valence-electron chi connectivity index (χ3n) is 1.17. The fourth-order valence-electron chi connectivity index (χ4n) is 0.638. The van der Waals surface area contributed by atoms with E-state index in [1.807, 2.05) is 12.1 Å². The number of halogens is 3. The van der Waals surface area contributed by atoms with E-state index in [4.69, 9.17) is 23.2 Å². The molecule has 1 rings (SSSR count). The highest BCUT2D eigenvalue weighted by molar-refractivity contribution is 7.79. The topological polar surface area (TPSA) is 0 Å². The molecule has 11 heavy (non-hydrogen) atoms. The second-order valence-corrected chi connectivity index (χ2v) is 3.04. The van der Waals surface area contributed by atoms with Crippen LogP contribution in [0.2, 0.25) is 10.0 Å². The highest BCUT2D eigenvalue weighted by Crippen LogP contribution is 2.22. The molecule has 0 nitrogen and oxygen atoms in total. The first-order valence-electron chi connectivity index (χ1n) is 2.79. The lowest BCUT2D eigenvalue weighted by Gasteiger charge is -1.97. The predicted molar refractivity (Wildman–Crippen MR) is 56.4 cm³/mol. The quantitative estimate of drug-likeness (QED) is 0.695. The third-order valence-corrected chi connectivity index (χ3v) is 2.27. The van der Waals surface area contributed by atoms with Crippen LogP contribution in [-0.4, -0.2) is 0 Å². The maximum absolute atomic E-state index is 5.73. The summed E-state index contributed by atoms with van der Waals surface area (Å²) in [6.07, 6.45) is 0. The van der Waals surface area contributed by atoms with E-state index in [-0.39, 0.29) is 12.4 Å². The van der Waals surface area contributed by atoms with E-state index < -0.39 is 0 Å². The van der Waals surface area contributed by atoms with Gasteiger partial charge in [0.1, 0.15) is 0 Å². The van der Waals surface area contributed by atoms with E-state index in [1.165, 1.54) is 0 Å². The van der Waals surface area contributed by atoms with E-state index in [1.54, 1.807) is 6.07 Å². The van der Waals surface area contributed by atoms with E-state index >= 15 is 0 Å². The number of benzene rings is 1. The van der Waals surface area contributed by atoms with Crippen molar-refractivity contribution in [3.8, 4) is 0 Å². The summed E-state index contributed by atoms with van der Waals surface area (Å²) < 4.78 is 0. The number of hydrogen-bond donors (Lipinski definition) is 1. The molecule has 0 aliphatic heterocycles. The van der Waals surface area contributed by atoms with Crippen LogP contribution in [0.5, 0.6) is 0 Å². The zero-order chi connectivity index (χ0) is 7.56. The summed E-state index contributed by atoms with van der Waals surface area (Å²) in [6.45, 7) is 0. The van der Waals surface area contributed by atoms with E-state index in [0.717, 1.165) is 5.56 Å². The number of rotatable bonds is 1. The highest BCUT2D eigenvalue weighted by atomic mass is 35.5. The van der Waals surface area contributed by atoms with Crippen LogP contribution < -0.4 is 0 Å². The Kier molecular flexibility index (Phi) is 5.36. The average Bonchev–Trinajstić information content (AvgIpc) is 1.95. The SMILES string of the molecule is Cl.SCc1ccc(Cl)c(Cl)c1. The van der Waals surface area contributed by atoms with Crippen molar-refractivity contribution < 1.29 is 0 Å². The number of thiol groups is 1. The van der Waals surface area contributed by atoms with Gasteiger partial charge in [-0.05, 0) is 17.7 Å². The van der Waals surface area contributed by atoms with Crippen molar-refractivity contribution in [2.75, 3.05) is 0 Å². The Morgan fingerprint density at radius 1 is 1.18 bits per heavy atom. The molecule has 62 valence electrons. The van der Waals surface area contributed by atoms with Crippen molar-refractivity contribution in [2.45, 2.75) is 5.75 Å². The fraction of sp³-hybridized carbons (Fsp3) is 0.143. The first kappa shape index (κ1) is 11.4. The molecule has 0 atom stereocenters. The van der Waals surface area contributed by atoms with Crippen LogP contribution in [-0.2, 0) is 5.75 Å². The first-order valence-corrected chi connectivity index (χ1v) is 4.17. The van der Waals surface area contributed by atoms with Crippen LogP contribution >= 0.6 is 48.2 Å². The van der Waals surface area contributed by atoms with Crippen LogP contribution in [0.4, 0.5) is 0 Å². The molecule has 0 heterocycles. The molecule has 0 saturated heterocycles. The summed E-state index contributed by atoms with van der Waals surface area (Å²) in [5.74, 6) is 0.691. The molecule has 0 unspecified atom stereocenters. The molecule has 0 aliphatic carbocycles. The first-order chi connectivity index (χ1) is 4.74. The van der Waals surface area contributed by atoms with Crippen molar-refractivity contribution in [1.82, 2.24) is 0 Å². The molecular weight excluding hydrogens is 223 g/mol. The summed E-state index contributed by atoms with van der Waals surface area (Å²) in [6, 6.07) is 5.49. The average molecular weight is 230 g/mol. The monoisotopic (exact) mass is 228 g/mol. The zero-order valence-electron chi connectivity index (χ0n) is 5.55. The third kappa shape index (κ3) is 3.12. The highest BCUT2D eigenvalue weighted by Gasteiger charge is 1.96. The summed E-state index contributed by atoms with van der Waals surface area (Å²) in [4.78, 5) is 0. The molecule has 4 heteroatoms. The molecule has 0 radical (unpaired) electrons. The van der Waals surface area contributed by atoms with Gasteiger partial charge in [-0.1, -0.05) is 29.3 Å². The van der Waals surface area contributed by atoms with Crippen LogP contribution in [0.3, 0.4) is 0 Å². The lowest BCUT2D eigenvalue weighted by molar-refractivity contribution is 1.43. The van der Waals surface area contributed by atoms with Crippen LogP contribution in [0, 0.1) is 0 Å². The van der Waals surface area contributed by atoms with Gasteiger partial charge in [-0.3, -0.25) is 0 Å². The zero-order valence-corrected chi connectivity index (χ0v) is 8.77. The van der Waals surface area contributed by atoms with Gasteiger partial charge in [0.05, 0.1) is 10.0 Å². The Bertz CT molecular complexity index is 237. The largest absolute Gasteiger partial charge is 0.175 e. The molecule has 0 amide bonds. The van der Waals surface area contributed by atoms with Crippen molar-refractivity contribution >= 4 is 48.2 Å². The molecule has 0 saturated carbocycles. The van der Waals surface area contributed by atoms with Crippen molar-refractivity contribution in [3.05, 3.63) is 33.8 Å². The predicted octanol–water partition coefficient (Wildman–Crippen LogP) is 3.85. The van der Waals surface area contributed by atoms with Gasteiger partial charge in [-0.25, -0.2) is 0 Å². The maximum atomic E-state index is 5.73. The van der Waals surface area contributed by atoms with Gasteiger partial charge in [0.25, 0.3) is 0 Å². The Balaban J connectivity index is 0.000001000. The standard InChI is InChI=1S/C7H6Cl2S.ClH/c8-6-2-1-5(4-10)3-7(6)9;/h1-3,10H,4H2;1H. The summed E-state index contributed by atoms with van der Waals surface area (Å²) in [5, 5.41) is 1.18. The molecule has 0 aliphatic rings. The maximum Gasteiger partial charge on any atom is 0.0595 e. The van der Waals surface area contributed by atoms with Gasteiger partial charge in [0.15, 0.2) is 0 Å². The van der Waals surface area contributed by atoms with Crippen LogP contribution in [0.15, 0.2) is 18.2 Å². The van der Waals surface area contributed by atoms with E-state index in [2.05, 4.69) is 12.6 Å². The normalized spacial score (nSPS) is 9.00. The van der Waals surface area contributed by atoms with Gasteiger partial charge in [-0.15, -0.1) is 12.4 Å². The summed E-state index contributed by atoms with van der Waals surface area (Å²) in [5.41, 5.74) is 1.08. The summed E-state index contributed by atoms with van der Waals surface area (Å²) >= 11 is 15.5. The fourth-order valence-corrected chi connectivity index (χ4v) is 1.16. The Hall–Kier alpha value is 0.440. The minimum Gasteiger partial charge on any atom is -0.175 e. The van der Waals surface area contributed by atoms with Crippen molar-refractivity contribution in [3.63, 3.8) is 0 Å². The molecule has 1 aromatic rings. The lowest BCUT2D eigenvalue weighted by atomic mass is 10.2. The Morgan fingerprint density at radius 3 is 2.27 bits per heavy atom. The molecule has 0 spiro atoms. The van der Waals surface area contributed by atoms with Crippen LogP contribution in [0.25, 0.3) is 0 Å². The van der Waals surface area contributed by atoms with E-state index in [9.17, 15) is 0 Å². The molecule has 0 bridgehead atoms. The van der Waals surface area contributed by atoms with Crippen molar-refractivity contribution in [1.29, 1.82) is 0 Å². The second kappa shape index (κ2) is 5.15. The Morgan fingerprint density at radius 2 is 1.82 bits per heavy atom. The van der Waals surface area contributed by atoms with Crippen molar-refractivity contribution in [2.24, 2.45) is 0 Å².